The van der Waals surface area contributed by atoms with Gasteiger partial charge in [-0.15, -0.1) is 21.5 Å². The second kappa shape index (κ2) is 9.32. The van der Waals surface area contributed by atoms with Crippen molar-refractivity contribution in [1.82, 2.24) is 20.2 Å². The molecule has 1 aliphatic rings. The average molecular weight is 488 g/mol. The summed E-state index contributed by atoms with van der Waals surface area (Å²) in [4.78, 5) is 11.9. The maximum absolute atomic E-state index is 6.32. The number of hydrogen-bond acceptors (Lipinski definition) is 10. The Balaban J connectivity index is 1.22. The largest absolute Gasteiger partial charge is 0.497 e. The third kappa shape index (κ3) is 4.67. The lowest BCUT2D eigenvalue weighted by atomic mass is 9.97. The molecule has 2 N–H and O–H groups in total. The lowest BCUT2D eigenvalue weighted by Crippen LogP contribution is -2.02. The molecule has 3 aromatic heterocycles. The van der Waals surface area contributed by atoms with Crippen LogP contribution >= 0.6 is 46.2 Å². The predicted molar refractivity (Wildman–Crippen MR) is 130 cm³/mol. The molecule has 1 aliphatic carbocycles. The minimum Gasteiger partial charge on any atom is -0.497 e. The molecule has 0 saturated carbocycles. The lowest BCUT2D eigenvalue weighted by molar-refractivity contribution is 0.414. The number of anilines is 1. The quantitative estimate of drug-likeness (QED) is 0.337. The SMILES string of the molecule is COc1ccc(CSc2nnc(SCc3nc(N)c4c5c(sc4n3)CCCC5)s2)cc1. The zero-order chi connectivity index (χ0) is 21.2. The molecule has 3 heterocycles. The van der Waals surface area contributed by atoms with Crippen molar-refractivity contribution in [2.24, 2.45) is 0 Å². The molecule has 0 amide bonds. The van der Waals surface area contributed by atoms with Crippen LogP contribution in [0.5, 0.6) is 5.75 Å². The molecule has 0 fully saturated rings. The van der Waals surface area contributed by atoms with Crippen LogP contribution in [0.1, 0.15) is 34.7 Å². The summed E-state index contributed by atoms with van der Waals surface area (Å²) in [7, 11) is 1.68. The number of fused-ring (bicyclic) bond motifs is 3. The number of methoxy groups -OCH3 is 1. The van der Waals surface area contributed by atoms with Gasteiger partial charge in [-0.05, 0) is 48.9 Å². The number of thiophene rings is 1. The van der Waals surface area contributed by atoms with E-state index in [1.165, 1.54) is 28.8 Å². The van der Waals surface area contributed by atoms with Gasteiger partial charge in [0, 0.05) is 10.6 Å². The maximum atomic E-state index is 6.32. The molecule has 10 heteroatoms. The number of nitrogens with two attached hydrogens (primary N) is 1. The smallest absolute Gasteiger partial charge is 0.175 e. The highest BCUT2D eigenvalue weighted by Gasteiger charge is 2.20. The molecular formula is C21H21N5OS4. The van der Waals surface area contributed by atoms with Gasteiger partial charge in [-0.1, -0.05) is 47.0 Å². The maximum Gasteiger partial charge on any atom is 0.175 e. The molecule has 0 aliphatic heterocycles. The van der Waals surface area contributed by atoms with E-state index in [9.17, 15) is 0 Å². The summed E-state index contributed by atoms with van der Waals surface area (Å²) in [6.07, 6.45) is 4.72. The van der Waals surface area contributed by atoms with Gasteiger partial charge in [0.05, 0.1) is 18.2 Å². The fraction of sp³-hybridized carbons (Fsp3) is 0.333. The summed E-state index contributed by atoms with van der Waals surface area (Å²) >= 11 is 6.69. The molecule has 0 spiro atoms. The fourth-order valence-electron chi connectivity index (χ4n) is 3.60. The molecule has 160 valence electrons. The molecule has 31 heavy (non-hydrogen) atoms. The number of nitrogen functional groups attached to an aromatic ring is 1. The summed E-state index contributed by atoms with van der Waals surface area (Å²) in [5.41, 5.74) is 8.93. The van der Waals surface area contributed by atoms with Gasteiger partial charge in [0.25, 0.3) is 0 Å². The Bertz CT molecular complexity index is 1200. The summed E-state index contributed by atoms with van der Waals surface area (Å²) in [5, 5.41) is 9.71. The van der Waals surface area contributed by atoms with Crippen LogP contribution in [-0.2, 0) is 24.3 Å². The minimum atomic E-state index is 0.619. The highest BCUT2D eigenvalue weighted by atomic mass is 32.2. The molecule has 0 bridgehead atoms. The second-order valence-electron chi connectivity index (χ2n) is 7.18. The van der Waals surface area contributed by atoms with Crippen LogP contribution in [0, 0.1) is 0 Å². The summed E-state index contributed by atoms with van der Waals surface area (Å²) in [6, 6.07) is 8.10. The van der Waals surface area contributed by atoms with Gasteiger partial charge in [-0.25, -0.2) is 9.97 Å². The number of aromatic nitrogens is 4. The van der Waals surface area contributed by atoms with Crippen LogP contribution in [-0.4, -0.2) is 27.3 Å². The number of nitrogens with zero attached hydrogens (tertiary/aromatic N) is 4. The fourth-order valence-corrected chi connectivity index (χ4v) is 7.72. The number of thioether (sulfide) groups is 2. The van der Waals surface area contributed by atoms with Crippen molar-refractivity contribution in [3.05, 3.63) is 46.1 Å². The van der Waals surface area contributed by atoms with Gasteiger partial charge in [-0.3, -0.25) is 0 Å². The highest BCUT2D eigenvalue weighted by Crippen LogP contribution is 2.38. The lowest BCUT2D eigenvalue weighted by Gasteiger charge is -2.10. The minimum absolute atomic E-state index is 0.619. The van der Waals surface area contributed by atoms with Crippen molar-refractivity contribution in [2.75, 3.05) is 12.8 Å². The Morgan fingerprint density at radius 3 is 2.48 bits per heavy atom. The Morgan fingerprint density at radius 2 is 1.71 bits per heavy atom. The van der Waals surface area contributed by atoms with Gasteiger partial charge < -0.3 is 10.5 Å². The molecule has 0 atom stereocenters. The number of hydrogen-bond donors (Lipinski definition) is 1. The van der Waals surface area contributed by atoms with Crippen LogP contribution in [0.2, 0.25) is 0 Å². The predicted octanol–water partition coefficient (Wildman–Crippen LogP) is 5.60. The molecular weight excluding hydrogens is 467 g/mol. The summed E-state index contributed by atoms with van der Waals surface area (Å²) < 4.78 is 7.08. The molecule has 0 saturated heterocycles. The van der Waals surface area contributed by atoms with Crippen molar-refractivity contribution in [3.63, 3.8) is 0 Å². The molecule has 6 nitrogen and oxygen atoms in total. The molecule has 1 aromatic carbocycles. The first-order valence-electron chi connectivity index (χ1n) is 9.98. The van der Waals surface area contributed by atoms with E-state index in [-0.39, 0.29) is 0 Å². The van der Waals surface area contributed by atoms with Crippen LogP contribution in [0.3, 0.4) is 0 Å². The normalized spacial score (nSPS) is 13.5. The Hall–Kier alpha value is -1.88. The zero-order valence-corrected chi connectivity index (χ0v) is 20.2. The average Bonchev–Trinajstić information content (AvgIpc) is 3.41. The van der Waals surface area contributed by atoms with E-state index in [0.717, 1.165) is 49.1 Å². The van der Waals surface area contributed by atoms with E-state index in [1.54, 1.807) is 53.3 Å². The first-order valence-corrected chi connectivity index (χ1v) is 13.6. The van der Waals surface area contributed by atoms with Crippen molar-refractivity contribution < 1.29 is 4.74 Å². The monoisotopic (exact) mass is 487 g/mol. The van der Waals surface area contributed by atoms with Crippen LogP contribution < -0.4 is 10.5 Å². The second-order valence-corrected chi connectivity index (χ2v) is 11.7. The van der Waals surface area contributed by atoms with E-state index in [0.29, 0.717) is 11.6 Å². The van der Waals surface area contributed by atoms with Crippen LogP contribution in [0.25, 0.3) is 10.2 Å². The molecule has 5 rings (SSSR count). The van der Waals surface area contributed by atoms with Crippen LogP contribution in [0.15, 0.2) is 32.9 Å². The van der Waals surface area contributed by atoms with Gasteiger partial charge in [0.2, 0.25) is 0 Å². The van der Waals surface area contributed by atoms with E-state index in [4.69, 9.17) is 15.5 Å². The van der Waals surface area contributed by atoms with Crippen molar-refractivity contribution in [3.8, 4) is 5.75 Å². The zero-order valence-electron chi connectivity index (χ0n) is 17.0. The van der Waals surface area contributed by atoms with E-state index in [1.807, 2.05) is 12.1 Å². The third-order valence-electron chi connectivity index (χ3n) is 5.12. The standard InChI is InChI=1S/C21H21N5OS4/c1-27-13-8-6-12(7-9-13)10-28-20-25-26-21(31-20)29-11-16-23-18(22)17-14-4-2-3-5-15(14)30-19(17)24-16/h6-9H,2-5,10-11H2,1H3,(H2,22,23,24). The number of aryl methyl sites for hydroxylation is 2. The number of benzene rings is 1. The van der Waals surface area contributed by atoms with Gasteiger partial charge >= 0.3 is 0 Å². The van der Waals surface area contributed by atoms with Gasteiger partial charge in [0.15, 0.2) is 8.68 Å². The van der Waals surface area contributed by atoms with Crippen LogP contribution in [0.4, 0.5) is 5.82 Å². The topological polar surface area (TPSA) is 86.8 Å². The van der Waals surface area contributed by atoms with Gasteiger partial charge in [0.1, 0.15) is 22.2 Å². The first kappa shape index (κ1) is 21.0. The van der Waals surface area contributed by atoms with Crippen molar-refractivity contribution in [1.29, 1.82) is 0 Å². The first-order chi connectivity index (χ1) is 15.2. The molecule has 0 radical (unpaired) electrons. The van der Waals surface area contributed by atoms with Crippen molar-refractivity contribution in [2.45, 2.75) is 45.9 Å². The molecule has 0 unspecified atom stereocenters. The third-order valence-corrected chi connectivity index (χ3v) is 9.57. The van der Waals surface area contributed by atoms with E-state index < -0.39 is 0 Å². The van der Waals surface area contributed by atoms with E-state index >= 15 is 0 Å². The van der Waals surface area contributed by atoms with E-state index in [2.05, 4.69) is 27.3 Å². The Labute approximate surface area is 197 Å². The number of ether oxygens (including phenoxy) is 1. The van der Waals surface area contributed by atoms with Crippen molar-refractivity contribution >= 4 is 62.2 Å². The molecule has 4 aromatic rings. The number of rotatable bonds is 7. The summed E-state index contributed by atoms with van der Waals surface area (Å²) in [6.45, 7) is 0. The van der Waals surface area contributed by atoms with Gasteiger partial charge in [-0.2, -0.15) is 0 Å². The highest BCUT2D eigenvalue weighted by molar-refractivity contribution is 8.02. The Morgan fingerprint density at radius 1 is 0.968 bits per heavy atom. The summed E-state index contributed by atoms with van der Waals surface area (Å²) in [5.74, 6) is 3.74. The Kier molecular flexibility index (Phi) is 6.31.